The highest BCUT2D eigenvalue weighted by molar-refractivity contribution is 6.13. The van der Waals surface area contributed by atoms with E-state index in [1.54, 1.807) is 16.7 Å². The second kappa shape index (κ2) is 7.49. The average Bonchev–Trinajstić information content (AvgIpc) is 3.57. The zero-order valence-electron chi connectivity index (χ0n) is 27.1. The number of allylic oxidation sites excluding steroid dienone is 2. The summed E-state index contributed by atoms with van der Waals surface area (Å²) in [6.45, 7) is 6.04. The predicted molar refractivity (Wildman–Crippen MR) is 146 cm³/mol. The van der Waals surface area contributed by atoms with Crippen LogP contribution in [0.15, 0.2) is 101 Å². The van der Waals surface area contributed by atoms with Crippen molar-refractivity contribution in [2.75, 3.05) is 0 Å². The second-order valence-corrected chi connectivity index (χ2v) is 8.52. The molecule has 4 nitrogen and oxygen atoms in total. The normalized spacial score (nSPS) is 16.6. The Labute approximate surface area is 219 Å². The molecule has 4 aromatic carbocycles. The lowest BCUT2D eigenvalue weighted by Crippen LogP contribution is -2.14. The van der Waals surface area contributed by atoms with Gasteiger partial charge in [0, 0.05) is 16.3 Å². The fourth-order valence-electron chi connectivity index (χ4n) is 4.97. The summed E-state index contributed by atoms with van der Waals surface area (Å²) in [7, 11) is 0. The van der Waals surface area contributed by atoms with E-state index in [4.69, 9.17) is 15.4 Å². The molecule has 36 heavy (non-hydrogen) atoms. The lowest BCUT2D eigenvalue weighted by Gasteiger charge is -2.16. The minimum absolute atomic E-state index is 0.0751. The maximum Gasteiger partial charge on any atom is 0.303 e. The third kappa shape index (κ3) is 2.68. The van der Waals surface area contributed by atoms with Crippen LogP contribution in [0.3, 0.4) is 0 Å². The third-order valence-corrected chi connectivity index (χ3v) is 6.57. The molecule has 1 aliphatic heterocycles. The minimum Gasteiger partial charge on any atom is -0.313 e. The number of hydrogen-bond acceptors (Lipinski definition) is 1. The number of fused-ring (bicyclic) bond motifs is 6. The van der Waals surface area contributed by atoms with Crippen molar-refractivity contribution in [2.24, 2.45) is 0 Å². The molecule has 0 spiro atoms. The molecule has 6 aromatic rings. The van der Waals surface area contributed by atoms with E-state index in [-0.39, 0.29) is 38.6 Å². The highest BCUT2D eigenvalue weighted by Gasteiger charge is 2.28. The Hall–Kier alpha value is -5.01. The van der Waals surface area contributed by atoms with Gasteiger partial charge in [0.05, 0.1) is 40.3 Å². The van der Waals surface area contributed by atoms with Crippen LogP contribution in [0.1, 0.15) is 27.7 Å². The minimum atomic E-state index is -0.543. The van der Waals surface area contributed by atoms with Crippen molar-refractivity contribution >= 4 is 50.5 Å². The smallest absolute Gasteiger partial charge is 0.303 e. The van der Waals surface area contributed by atoms with Gasteiger partial charge in [-0.25, -0.2) is 5.26 Å². The number of para-hydroxylation sites is 2. The number of nitrogens with zero attached hydrogens (tertiary/aromatic N) is 3. The van der Waals surface area contributed by atoms with Gasteiger partial charge in [-0.3, -0.25) is 8.99 Å². The molecule has 0 radical (unpaired) electrons. The Bertz CT molecular complexity index is 2350. The zero-order valence-corrected chi connectivity index (χ0v) is 19.1. The van der Waals surface area contributed by atoms with Crippen molar-refractivity contribution in [2.45, 2.75) is 6.92 Å². The van der Waals surface area contributed by atoms with Crippen LogP contribution in [0.2, 0.25) is 0 Å². The third-order valence-electron chi connectivity index (χ3n) is 6.57. The van der Waals surface area contributed by atoms with E-state index >= 15 is 0 Å². The number of rotatable bonds is 2. The molecule has 0 amide bonds. The van der Waals surface area contributed by atoms with Crippen molar-refractivity contribution in [3.8, 4) is 11.8 Å². The number of furan rings is 1. The lowest BCUT2D eigenvalue weighted by atomic mass is 9.96. The zero-order chi connectivity index (χ0) is 31.4. The van der Waals surface area contributed by atoms with Crippen LogP contribution in [0.5, 0.6) is 0 Å². The molecule has 0 unspecified atom stereocenters. The Kier molecular flexibility index (Phi) is 2.87. The van der Waals surface area contributed by atoms with E-state index in [1.807, 2.05) is 43.5 Å². The fraction of sp³-hybridized carbons (Fsp3) is 0.0312. The predicted octanol–water partition coefficient (Wildman–Crippen LogP) is 7.54. The summed E-state index contributed by atoms with van der Waals surface area (Å²) in [5, 5.41) is 11.5. The first kappa shape index (κ1) is 13.8. The van der Waals surface area contributed by atoms with Gasteiger partial charge in [0.15, 0.2) is 6.04 Å². The molecule has 0 fully saturated rings. The molecule has 170 valence electrons. The van der Waals surface area contributed by atoms with E-state index in [9.17, 15) is 5.26 Å². The van der Waals surface area contributed by atoms with Crippen LogP contribution >= 0.6 is 0 Å². The van der Waals surface area contributed by atoms with Gasteiger partial charge in [-0.05, 0) is 28.9 Å². The average molecular weight is 472 g/mol. The highest BCUT2D eigenvalue weighted by Crippen LogP contribution is 2.42. The van der Waals surface area contributed by atoms with Gasteiger partial charge in [-0.1, -0.05) is 67.0 Å². The maximum absolute atomic E-state index is 10.3. The van der Waals surface area contributed by atoms with E-state index < -0.39 is 48.3 Å². The fourth-order valence-corrected chi connectivity index (χ4v) is 4.97. The molecule has 2 aromatic heterocycles. The van der Waals surface area contributed by atoms with Gasteiger partial charge in [-0.2, -0.15) is 0 Å². The molecular weight excluding hydrogens is 442 g/mol. The first-order valence-corrected chi connectivity index (χ1v) is 11.2. The molecule has 0 saturated carbocycles. The van der Waals surface area contributed by atoms with Gasteiger partial charge in [0.1, 0.15) is 11.9 Å². The Morgan fingerprint density at radius 1 is 0.972 bits per heavy atom. The topological polar surface area (TPSA) is 43.0 Å². The summed E-state index contributed by atoms with van der Waals surface area (Å²) in [4.78, 5) is 0. The van der Waals surface area contributed by atoms with Crippen molar-refractivity contribution in [1.29, 1.82) is 5.26 Å². The van der Waals surface area contributed by atoms with Gasteiger partial charge in [0.25, 0.3) is 5.58 Å². The number of benzene rings is 4. The van der Waals surface area contributed by atoms with Gasteiger partial charge < -0.3 is 4.57 Å². The molecule has 0 atom stereocenters. The molecule has 4 heteroatoms. The van der Waals surface area contributed by atoms with Gasteiger partial charge >= 0.3 is 5.58 Å². The van der Waals surface area contributed by atoms with Crippen LogP contribution in [0.25, 0.3) is 49.4 Å². The number of nitriles is 1. The summed E-state index contributed by atoms with van der Waals surface area (Å²) in [5.41, 5.74) is 2.42. The summed E-state index contributed by atoms with van der Waals surface area (Å²) < 4.78 is 78.4. The Morgan fingerprint density at radius 3 is 2.39 bits per heavy atom. The van der Waals surface area contributed by atoms with Crippen molar-refractivity contribution in [1.82, 2.24) is 4.57 Å². The van der Waals surface area contributed by atoms with Crippen molar-refractivity contribution in [3.63, 3.8) is 0 Å². The largest absolute Gasteiger partial charge is 0.313 e. The monoisotopic (exact) mass is 471 g/mol. The van der Waals surface area contributed by atoms with E-state index in [0.29, 0.717) is 11.0 Å². The highest BCUT2D eigenvalue weighted by atomic mass is 16.3. The first-order chi connectivity index (χ1) is 21.0. The van der Waals surface area contributed by atoms with Gasteiger partial charge in [0.2, 0.25) is 0 Å². The molecule has 0 N–H and O–H groups in total. The molecule has 0 aliphatic carbocycles. The molecular formula is C32H21N3O. The molecule has 3 heterocycles. The van der Waals surface area contributed by atoms with Crippen LogP contribution < -0.4 is 0 Å². The Morgan fingerprint density at radius 2 is 1.69 bits per heavy atom. The van der Waals surface area contributed by atoms with Crippen molar-refractivity contribution in [3.05, 3.63) is 120 Å². The van der Waals surface area contributed by atoms with E-state index in [2.05, 4.69) is 12.8 Å². The molecule has 1 aliphatic rings. The summed E-state index contributed by atoms with van der Waals surface area (Å²) in [6, 6.07) is 6.12. The van der Waals surface area contributed by atoms with Crippen LogP contribution in [0, 0.1) is 24.3 Å². The standard InChI is InChI=1S/C32H21N3O/c1-20-14-16-24-25-17-15-21(19-33)30(32(25)36-31(24)29(20)28-13-7-8-18-34(28)2)35-26-11-5-3-9-22(26)23-10-4-6-12-27(23)35/h3-18H,2H2,1H3/i3D,4D,5D,6D,9D,10D,11D,12D. The quantitative estimate of drug-likeness (QED) is 0.149. The van der Waals surface area contributed by atoms with E-state index in [0.717, 1.165) is 22.6 Å². The van der Waals surface area contributed by atoms with Gasteiger partial charge in [-0.15, -0.1) is 18.2 Å². The number of hydrogen-bond donors (Lipinski definition) is 0. The molecule has 0 bridgehead atoms. The number of aryl methyl sites for hydroxylation is 1. The SMILES string of the molecule is [2H]c1c([2H])c([2H])c2c(c1[2H])c1c([2H])c([2H])c([2H])c([2H])c1n2-c1c(C#N)ccc2c3ccc(C)c([C-]4C=CC=C[N+]4=C)c3[o+][c-]12. The molecule has 7 rings (SSSR count). The van der Waals surface area contributed by atoms with E-state index in [1.165, 1.54) is 4.57 Å². The molecule has 0 saturated heterocycles. The summed E-state index contributed by atoms with van der Waals surface area (Å²) in [5.74, 6) is 0. The van der Waals surface area contributed by atoms with Crippen LogP contribution in [-0.4, -0.2) is 15.9 Å². The Balaban J connectivity index is 1.75. The summed E-state index contributed by atoms with van der Waals surface area (Å²) >= 11 is 0. The van der Waals surface area contributed by atoms with Crippen LogP contribution in [0.4, 0.5) is 0 Å². The second-order valence-electron chi connectivity index (χ2n) is 8.52. The lowest BCUT2D eigenvalue weighted by molar-refractivity contribution is -0.417. The number of aromatic nitrogens is 1. The maximum atomic E-state index is 10.3. The summed E-state index contributed by atoms with van der Waals surface area (Å²) in [6.07, 6.45) is 7.46. The van der Waals surface area contributed by atoms with Crippen LogP contribution in [-0.2, 0) is 0 Å². The first-order valence-electron chi connectivity index (χ1n) is 15.2. The van der Waals surface area contributed by atoms with Crippen molar-refractivity contribution < 1.29 is 20.0 Å².